The number of aromatic nitrogens is 2. The zero-order valence-electron chi connectivity index (χ0n) is 11.1. The van der Waals surface area contributed by atoms with E-state index in [0.29, 0.717) is 18.1 Å². The lowest BCUT2D eigenvalue weighted by atomic mass is 10.2. The first-order chi connectivity index (χ1) is 9.74. The minimum absolute atomic E-state index is 0.0327. The first kappa shape index (κ1) is 13.6. The van der Waals surface area contributed by atoms with E-state index in [9.17, 15) is 9.59 Å². The van der Waals surface area contributed by atoms with Crippen LogP contribution in [0.2, 0.25) is 0 Å². The Morgan fingerprint density at radius 2 is 2.50 bits per heavy atom. The Bertz CT molecular complexity index is 554. The minimum Gasteiger partial charge on any atom is -0.376 e. The summed E-state index contributed by atoms with van der Waals surface area (Å²) in [5.41, 5.74) is -0.0862. The van der Waals surface area contributed by atoms with Gasteiger partial charge in [-0.25, -0.2) is 4.98 Å². The van der Waals surface area contributed by atoms with Gasteiger partial charge in [-0.3, -0.25) is 14.2 Å². The van der Waals surface area contributed by atoms with Crippen molar-refractivity contribution in [3.05, 3.63) is 22.6 Å². The molecule has 1 amide bonds. The number of nitrogens with zero attached hydrogens (tertiary/aromatic N) is 2. The maximum atomic E-state index is 12.0. The molecule has 0 radical (unpaired) electrons. The highest BCUT2D eigenvalue weighted by Crippen LogP contribution is 2.31. The second-order valence-corrected chi connectivity index (χ2v) is 6.03. The second kappa shape index (κ2) is 5.97. The average molecular weight is 295 g/mol. The maximum absolute atomic E-state index is 12.0. The highest BCUT2D eigenvalue weighted by molar-refractivity contribution is 7.99. The van der Waals surface area contributed by atoms with Gasteiger partial charge in [-0.05, 0) is 12.8 Å². The first-order valence-corrected chi connectivity index (χ1v) is 7.81. The van der Waals surface area contributed by atoms with Crippen molar-refractivity contribution in [1.82, 2.24) is 14.9 Å². The predicted molar refractivity (Wildman–Crippen MR) is 74.9 cm³/mol. The van der Waals surface area contributed by atoms with E-state index in [1.807, 2.05) is 0 Å². The molecule has 0 saturated carbocycles. The molecule has 3 rings (SSSR count). The largest absolute Gasteiger partial charge is 0.376 e. The van der Waals surface area contributed by atoms with Gasteiger partial charge in [-0.1, -0.05) is 11.8 Å². The highest BCUT2D eigenvalue weighted by Gasteiger charge is 2.27. The van der Waals surface area contributed by atoms with Crippen LogP contribution in [0.4, 0.5) is 0 Å². The van der Waals surface area contributed by atoms with Crippen molar-refractivity contribution in [2.24, 2.45) is 0 Å². The highest BCUT2D eigenvalue weighted by atomic mass is 32.2. The SMILES string of the molecule is O=C(C[C@@H]1CSc2nccc(=O)n21)NC[C@H]1CCCO1. The van der Waals surface area contributed by atoms with Crippen LogP contribution in [0.3, 0.4) is 0 Å². The first-order valence-electron chi connectivity index (χ1n) is 6.82. The summed E-state index contributed by atoms with van der Waals surface area (Å²) in [7, 11) is 0. The zero-order valence-corrected chi connectivity index (χ0v) is 11.9. The van der Waals surface area contributed by atoms with Crippen LogP contribution in [0.5, 0.6) is 0 Å². The van der Waals surface area contributed by atoms with E-state index in [2.05, 4.69) is 10.3 Å². The van der Waals surface area contributed by atoms with Gasteiger partial charge in [0.1, 0.15) is 0 Å². The Kier molecular flexibility index (Phi) is 4.07. The van der Waals surface area contributed by atoms with Gasteiger partial charge >= 0.3 is 0 Å². The van der Waals surface area contributed by atoms with Gasteiger partial charge in [-0.2, -0.15) is 0 Å². The van der Waals surface area contributed by atoms with E-state index in [4.69, 9.17) is 4.74 Å². The van der Waals surface area contributed by atoms with Gasteiger partial charge in [0, 0.05) is 37.6 Å². The number of carbonyl (C=O) groups is 1. The van der Waals surface area contributed by atoms with Crippen LogP contribution in [-0.4, -0.2) is 40.5 Å². The molecule has 3 heterocycles. The van der Waals surface area contributed by atoms with Crippen molar-refractivity contribution in [2.45, 2.75) is 36.6 Å². The Balaban J connectivity index is 1.57. The smallest absolute Gasteiger partial charge is 0.254 e. The summed E-state index contributed by atoms with van der Waals surface area (Å²) in [6, 6.07) is 1.34. The number of rotatable bonds is 4. The molecule has 1 aromatic rings. The molecule has 0 bridgehead atoms. The molecule has 2 atom stereocenters. The fourth-order valence-electron chi connectivity index (χ4n) is 2.56. The van der Waals surface area contributed by atoms with E-state index in [0.717, 1.165) is 25.2 Å². The molecule has 0 unspecified atom stereocenters. The third-order valence-electron chi connectivity index (χ3n) is 3.59. The summed E-state index contributed by atoms with van der Waals surface area (Å²) < 4.78 is 7.09. The molecular formula is C13H17N3O3S. The number of hydrogen-bond acceptors (Lipinski definition) is 5. The fourth-order valence-corrected chi connectivity index (χ4v) is 3.68. The van der Waals surface area contributed by atoms with E-state index < -0.39 is 0 Å². The third-order valence-corrected chi connectivity index (χ3v) is 4.70. The summed E-state index contributed by atoms with van der Waals surface area (Å²) >= 11 is 1.52. The number of thioether (sulfide) groups is 1. The normalized spacial score (nSPS) is 24.6. The molecule has 0 spiro atoms. The molecule has 1 saturated heterocycles. The lowest BCUT2D eigenvalue weighted by Crippen LogP contribution is -2.34. The van der Waals surface area contributed by atoms with Crippen LogP contribution in [-0.2, 0) is 9.53 Å². The van der Waals surface area contributed by atoms with Crippen molar-refractivity contribution >= 4 is 17.7 Å². The molecule has 0 aliphatic carbocycles. The van der Waals surface area contributed by atoms with Crippen LogP contribution in [0.15, 0.2) is 22.2 Å². The van der Waals surface area contributed by atoms with E-state index in [1.54, 1.807) is 4.57 Å². The van der Waals surface area contributed by atoms with Gasteiger partial charge in [0.05, 0.1) is 12.1 Å². The van der Waals surface area contributed by atoms with E-state index in [1.165, 1.54) is 24.0 Å². The number of hydrogen-bond donors (Lipinski definition) is 1. The van der Waals surface area contributed by atoms with Crippen molar-refractivity contribution < 1.29 is 9.53 Å². The third kappa shape index (κ3) is 2.88. The average Bonchev–Trinajstić information content (AvgIpc) is 3.07. The Labute approximate surface area is 120 Å². The molecule has 108 valence electrons. The molecule has 2 aliphatic rings. The molecule has 1 N–H and O–H groups in total. The monoisotopic (exact) mass is 295 g/mol. The quantitative estimate of drug-likeness (QED) is 0.822. The molecule has 7 heteroatoms. The number of carbonyl (C=O) groups excluding carboxylic acids is 1. The van der Waals surface area contributed by atoms with Crippen molar-refractivity contribution in [2.75, 3.05) is 18.9 Å². The van der Waals surface area contributed by atoms with Crippen LogP contribution in [0.25, 0.3) is 0 Å². The molecule has 6 nitrogen and oxygen atoms in total. The number of nitrogens with one attached hydrogen (secondary N) is 1. The molecule has 20 heavy (non-hydrogen) atoms. The molecule has 2 aliphatic heterocycles. The summed E-state index contributed by atoms with van der Waals surface area (Å²) in [6.45, 7) is 1.35. The number of fused-ring (bicyclic) bond motifs is 1. The summed E-state index contributed by atoms with van der Waals surface area (Å²) in [5.74, 6) is 0.689. The predicted octanol–water partition coefficient (Wildman–Crippen LogP) is 0.575. The van der Waals surface area contributed by atoms with Crippen LogP contribution < -0.4 is 10.9 Å². The van der Waals surface area contributed by atoms with Gasteiger partial charge in [-0.15, -0.1) is 0 Å². The van der Waals surface area contributed by atoms with Crippen LogP contribution in [0, 0.1) is 0 Å². The summed E-state index contributed by atoms with van der Waals surface area (Å²) in [4.78, 5) is 28.0. The molecule has 1 fully saturated rings. The summed E-state index contributed by atoms with van der Waals surface area (Å²) in [5, 5.41) is 3.60. The fraction of sp³-hybridized carbons (Fsp3) is 0.615. The standard InChI is InChI=1S/C13H17N3O3S/c17-11(15-7-10-2-1-5-19-10)6-9-8-20-13-14-4-3-12(18)16(9)13/h3-4,9-10H,1-2,5-8H2,(H,15,17)/t9-,10-/m1/s1. The summed E-state index contributed by atoms with van der Waals surface area (Å²) in [6.07, 6.45) is 4.05. The van der Waals surface area contributed by atoms with E-state index in [-0.39, 0.29) is 23.6 Å². The molecular weight excluding hydrogens is 278 g/mol. The van der Waals surface area contributed by atoms with Gasteiger partial charge in [0.2, 0.25) is 5.91 Å². The van der Waals surface area contributed by atoms with Crippen molar-refractivity contribution in [3.8, 4) is 0 Å². The molecule has 0 aromatic carbocycles. The minimum atomic E-state index is -0.0966. The van der Waals surface area contributed by atoms with E-state index >= 15 is 0 Å². The molecule has 1 aromatic heterocycles. The topological polar surface area (TPSA) is 73.2 Å². The van der Waals surface area contributed by atoms with Crippen molar-refractivity contribution in [1.29, 1.82) is 0 Å². The number of amides is 1. The Morgan fingerprint density at radius 3 is 3.30 bits per heavy atom. The zero-order chi connectivity index (χ0) is 13.9. The maximum Gasteiger partial charge on any atom is 0.254 e. The Morgan fingerprint density at radius 1 is 1.60 bits per heavy atom. The lowest BCUT2D eigenvalue weighted by Gasteiger charge is -2.14. The van der Waals surface area contributed by atoms with Crippen LogP contribution in [0.1, 0.15) is 25.3 Å². The van der Waals surface area contributed by atoms with Crippen molar-refractivity contribution in [3.63, 3.8) is 0 Å². The van der Waals surface area contributed by atoms with Crippen LogP contribution >= 0.6 is 11.8 Å². The van der Waals surface area contributed by atoms with Gasteiger partial charge in [0.25, 0.3) is 5.56 Å². The van der Waals surface area contributed by atoms with Gasteiger partial charge in [0.15, 0.2) is 5.16 Å². The second-order valence-electron chi connectivity index (χ2n) is 5.04. The van der Waals surface area contributed by atoms with Gasteiger partial charge < -0.3 is 10.1 Å². The lowest BCUT2D eigenvalue weighted by molar-refractivity contribution is -0.122. The number of ether oxygens (including phenoxy) is 1. The Hall–Kier alpha value is -1.34.